The van der Waals surface area contributed by atoms with Gasteiger partial charge in [0.15, 0.2) is 6.04 Å². The second kappa shape index (κ2) is 11.9. The van der Waals surface area contributed by atoms with Gasteiger partial charge in [-0.25, -0.2) is 9.59 Å². The van der Waals surface area contributed by atoms with Crippen LogP contribution in [0, 0.1) is 0 Å². The number of amides is 3. The predicted octanol–water partition coefficient (Wildman–Crippen LogP) is 0.277. The van der Waals surface area contributed by atoms with Crippen molar-refractivity contribution in [3.05, 3.63) is 35.9 Å². The highest BCUT2D eigenvalue weighted by Gasteiger charge is 2.28. The van der Waals surface area contributed by atoms with Crippen LogP contribution >= 0.6 is 0 Å². The van der Waals surface area contributed by atoms with E-state index in [0.717, 1.165) is 12.7 Å². The highest BCUT2D eigenvalue weighted by atomic mass is 16.6. The normalized spacial score (nSPS) is 13.9. The molecule has 0 heterocycles. The number of nitrogens with one attached hydrogen (secondary N) is 3. The largest absolute Gasteiger partial charge is 0.467 e. The third-order valence-corrected chi connectivity index (χ3v) is 4.03. The zero-order valence-corrected chi connectivity index (χ0v) is 18.4. The lowest BCUT2D eigenvalue weighted by molar-refractivity contribution is -0.146. The molecule has 1 rings (SSSR count). The summed E-state index contributed by atoms with van der Waals surface area (Å²) in [6.45, 7) is 5.85. The van der Waals surface area contributed by atoms with E-state index in [-0.39, 0.29) is 6.42 Å². The SMILES string of the molecule is COC(=O)C(CO)NC(=O)C(C)NC(=O)C(Cc1ccccc1)NC(=O)OC(C)(C)C. The minimum absolute atomic E-state index is 0.168. The van der Waals surface area contributed by atoms with Crippen molar-refractivity contribution in [2.24, 2.45) is 0 Å². The number of carbonyl (C=O) groups is 4. The number of hydrogen-bond donors (Lipinski definition) is 4. The molecule has 0 aliphatic carbocycles. The van der Waals surface area contributed by atoms with Gasteiger partial charge in [-0.05, 0) is 33.3 Å². The Bertz CT molecular complexity index is 762. The Hall–Kier alpha value is -3.14. The highest BCUT2D eigenvalue weighted by Crippen LogP contribution is 2.09. The molecule has 31 heavy (non-hydrogen) atoms. The summed E-state index contributed by atoms with van der Waals surface area (Å²) in [4.78, 5) is 48.8. The third-order valence-electron chi connectivity index (χ3n) is 4.03. The van der Waals surface area contributed by atoms with E-state index < -0.39 is 54.2 Å². The second-order valence-corrected chi connectivity index (χ2v) is 7.89. The van der Waals surface area contributed by atoms with Crippen LogP contribution < -0.4 is 16.0 Å². The average molecular weight is 437 g/mol. The van der Waals surface area contributed by atoms with Gasteiger partial charge in [0, 0.05) is 6.42 Å². The molecule has 0 saturated carbocycles. The van der Waals surface area contributed by atoms with Crippen molar-refractivity contribution in [3.63, 3.8) is 0 Å². The molecule has 0 bridgehead atoms. The predicted molar refractivity (Wildman–Crippen MR) is 112 cm³/mol. The minimum Gasteiger partial charge on any atom is -0.467 e. The third kappa shape index (κ3) is 9.47. The molecule has 0 saturated heterocycles. The summed E-state index contributed by atoms with van der Waals surface area (Å²) in [5.74, 6) is -2.13. The Morgan fingerprint density at radius 3 is 2.10 bits per heavy atom. The monoisotopic (exact) mass is 437 g/mol. The molecule has 0 aliphatic rings. The molecule has 0 aromatic heterocycles. The van der Waals surface area contributed by atoms with E-state index in [1.165, 1.54) is 6.92 Å². The first kappa shape index (κ1) is 25.9. The Morgan fingerprint density at radius 1 is 0.968 bits per heavy atom. The molecule has 0 aliphatic heterocycles. The molecule has 172 valence electrons. The van der Waals surface area contributed by atoms with E-state index in [2.05, 4.69) is 20.7 Å². The van der Waals surface area contributed by atoms with E-state index >= 15 is 0 Å². The minimum atomic E-state index is -1.25. The number of aliphatic hydroxyl groups is 1. The van der Waals surface area contributed by atoms with E-state index in [9.17, 15) is 24.3 Å². The summed E-state index contributed by atoms with van der Waals surface area (Å²) in [5, 5.41) is 16.5. The maximum atomic E-state index is 12.8. The van der Waals surface area contributed by atoms with Gasteiger partial charge in [0.25, 0.3) is 0 Å². The van der Waals surface area contributed by atoms with Crippen LogP contribution in [0.25, 0.3) is 0 Å². The summed E-state index contributed by atoms with van der Waals surface area (Å²) in [5.41, 5.74) is 0.0416. The van der Waals surface area contributed by atoms with Gasteiger partial charge < -0.3 is 30.5 Å². The van der Waals surface area contributed by atoms with Crippen LogP contribution in [-0.4, -0.2) is 66.4 Å². The van der Waals surface area contributed by atoms with Gasteiger partial charge in [0.1, 0.15) is 17.7 Å². The summed E-state index contributed by atoms with van der Waals surface area (Å²) in [6, 6.07) is 5.71. The maximum Gasteiger partial charge on any atom is 0.408 e. The van der Waals surface area contributed by atoms with Gasteiger partial charge in [-0.2, -0.15) is 0 Å². The summed E-state index contributed by atoms with van der Waals surface area (Å²) >= 11 is 0. The smallest absolute Gasteiger partial charge is 0.408 e. The Balaban J connectivity index is 2.86. The maximum absolute atomic E-state index is 12.8. The van der Waals surface area contributed by atoms with Gasteiger partial charge in [0.2, 0.25) is 11.8 Å². The number of hydrogen-bond acceptors (Lipinski definition) is 7. The van der Waals surface area contributed by atoms with Crippen LogP contribution in [0.2, 0.25) is 0 Å². The van der Waals surface area contributed by atoms with E-state index in [0.29, 0.717) is 0 Å². The zero-order valence-electron chi connectivity index (χ0n) is 18.4. The second-order valence-electron chi connectivity index (χ2n) is 7.89. The molecule has 0 radical (unpaired) electrons. The molecule has 3 atom stereocenters. The highest BCUT2D eigenvalue weighted by molar-refractivity contribution is 5.93. The van der Waals surface area contributed by atoms with E-state index in [1.54, 1.807) is 45.0 Å². The number of benzene rings is 1. The van der Waals surface area contributed by atoms with Crippen molar-refractivity contribution >= 4 is 23.9 Å². The van der Waals surface area contributed by atoms with Crippen molar-refractivity contribution in [3.8, 4) is 0 Å². The number of carbonyl (C=O) groups excluding carboxylic acids is 4. The van der Waals surface area contributed by atoms with Gasteiger partial charge >= 0.3 is 12.1 Å². The number of aliphatic hydroxyl groups excluding tert-OH is 1. The van der Waals surface area contributed by atoms with Gasteiger partial charge in [-0.1, -0.05) is 30.3 Å². The first-order valence-electron chi connectivity index (χ1n) is 9.79. The fraction of sp³-hybridized carbons (Fsp3) is 0.524. The Kier molecular flexibility index (Phi) is 9.94. The van der Waals surface area contributed by atoms with Crippen molar-refractivity contribution in [1.82, 2.24) is 16.0 Å². The Morgan fingerprint density at radius 2 is 1.58 bits per heavy atom. The van der Waals surface area contributed by atoms with E-state index in [4.69, 9.17) is 4.74 Å². The van der Waals surface area contributed by atoms with Crippen LogP contribution in [0.4, 0.5) is 4.79 Å². The molecular weight excluding hydrogens is 406 g/mol. The quantitative estimate of drug-likeness (QED) is 0.406. The lowest BCUT2D eigenvalue weighted by Crippen LogP contribution is -2.56. The van der Waals surface area contributed by atoms with Gasteiger partial charge in [-0.15, -0.1) is 0 Å². The summed E-state index contributed by atoms with van der Waals surface area (Å²) in [6.07, 6.45) is -0.603. The molecule has 0 spiro atoms. The molecular formula is C21H31N3O7. The molecule has 10 heteroatoms. The topological polar surface area (TPSA) is 143 Å². The van der Waals surface area contributed by atoms with Crippen molar-refractivity contribution < 1.29 is 33.8 Å². The van der Waals surface area contributed by atoms with Crippen molar-refractivity contribution in [2.75, 3.05) is 13.7 Å². The molecule has 3 unspecified atom stereocenters. The lowest BCUT2D eigenvalue weighted by Gasteiger charge is -2.25. The summed E-state index contributed by atoms with van der Waals surface area (Å²) < 4.78 is 9.72. The van der Waals surface area contributed by atoms with Crippen LogP contribution in [0.1, 0.15) is 33.3 Å². The van der Waals surface area contributed by atoms with Gasteiger partial charge in [-0.3, -0.25) is 9.59 Å². The van der Waals surface area contributed by atoms with Crippen LogP contribution in [-0.2, 0) is 30.3 Å². The number of alkyl carbamates (subject to hydrolysis) is 1. The standard InChI is InChI=1S/C21H31N3O7/c1-13(17(26)23-16(12-25)19(28)30-5)22-18(27)15(11-14-9-7-6-8-10-14)24-20(29)31-21(2,3)4/h6-10,13,15-16,25H,11-12H2,1-5H3,(H,22,27)(H,23,26)(H,24,29). The lowest BCUT2D eigenvalue weighted by atomic mass is 10.0. The number of ether oxygens (including phenoxy) is 2. The zero-order chi connectivity index (χ0) is 23.6. The van der Waals surface area contributed by atoms with Gasteiger partial charge in [0.05, 0.1) is 13.7 Å². The molecule has 4 N–H and O–H groups in total. The van der Waals surface area contributed by atoms with Crippen LogP contribution in [0.3, 0.4) is 0 Å². The molecule has 3 amide bonds. The fourth-order valence-corrected chi connectivity index (χ4v) is 2.51. The molecule has 1 aromatic carbocycles. The molecule has 0 fully saturated rings. The summed E-state index contributed by atoms with van der Waals surface area (Å²) in [7, 11) is 1.12. The average Bonchev–Trinajstić information content (AvgIpc) is 2.69. The Labute approximate surface area is 181 Å². The first-order chi connectivity index (χ1) is 14.5. The van der Waals surface area contributed by atoms with Crippen molar-refractivity contribution in [2.45, 2.75) is 57.8 Å². The van der Waals surface area contributed by atoms with E-state index in [1.807, 2.05) is 6.07 Å². The van der Waals surface area contributed by atoms with Crippen molar-refractivity contribution in [1.29, 1.82) is 0 Å². The number of methoxy groups -OCH3 is 1. The molecule has 10 nitrogen and oxygen atoms in total. The van der Waals surface area contributed by atoms with Crippen LogP contribution in [0.15, 0.2) is 30.3 Å². The number of esters is 1. The van der Waals surface area contributed by atoms with Crippen LogP contribution in [0.5, 0.6) is 0 Å². The molecule has 1 aromatic rings. The first-order valence-corrected chi connectivity index (χ1v) is 9.79. The fourth-order valence-electron chi connectivity index (χ4n) is 2.51. The number of rotatable bonds is 9.